The van der Waals surface area contributed by atoms with Gasteiger partial charge in [-0.3, -0.25) is 0 Å². The minimum absolute atomic E-state index is 0.235. The molecule has 0 atom stereocenters. The molecule has 0 saturated carbocycles. The van der Waals surface area contributed by atoms with Gasteiger partial charge < -0.3 is 10.6 Å². The van der Waals surface area contributed by atoms with E-state index < -0.39 is 0 Å². The summed E-state index contributed by atoms with van der Waals surface area (Å²) >= 11 is 1.66. The molecule has 0 aliphatic carbocycles. The Bertz CT molecular complexity index is 609. The third-order valence-electron chi connectivity index (χ3n) is 2.75. The van der Waals surface area contributed by atoms with E-state index in [9.17, 15) is 4.39 Å². The van der Waals surface area contributed by atoms with E-state index >= 15 is 0 Å². The van der Waals surface area contributed by atoms with Crippen LogP contribution in [-0.4, -0.2) is 17.5 Å². The van der Waals surface area contributed by atoms with Gasteiger partial charge in [0.15, 0.2) is 5.96 Å². The lowest BCUT2D eigenvalue weighted by Crippen LogP contribution is -2.36. The van der Waals surface area contributed by atoms with Crippen molar-refractivity contribution in [3.05, 3.63) is 51.7 Å². The van der Waals surface area contributed by atoms with Gasteiger partial charge in [0.05, 0.1) is 18.1 Å². The Morgan fingerprint density at radius 2 is 2.24 bits per heavy atom. The van der Waals surface area contributed by atoms with Gasteiger partial charge in [-0.25, -0.2) is 14.4 Å². The van der Waals surface area contributed by atoms with Crippen LogP contribution < -0.4 is 10.6 Å². The number of nitrogens with one attached hydrogen (secondary N) is 2. The highest BCUT2D eigenvalue weighted by molar-refractivity contribution is 7.11. The van der Waals surface area contributed by atoms with Crippen molar-refractivity contribution in [3.8, 4) is 0 Å². The molecule has 0 fully saturated rings. The monoisotopic (exact) mass is 306 g/mol. The van der Waals surface area contributed by atoms with Crippen molar-refractivity contribution in [2.75, 3.05) is 6.54 Å². The van der Waals surface area contributed by atoms with Crippen molar-refractivity contribution >= 4 is 17.3 Å². The lowest BCUT2D eigenvalue weighted by molar-refractivity contribution is 0.625. The van der Waals surface area contributed by atoms with E-state index in [2.05, 4.69) is 20.6 Å². The highest BCUT2D eigenvalue weighted by atomic mass is 32.1. The summed E-state index contributed by atoms with van der Waals surface area (Å²) in [4.78, 5) is 9.84. The molecule has 6 heteroatoms. The molecule has 0 spiro atoms. The topological polar surface area (TPSA) is 49.3 Å². The van der Waals surface area contributed by atoms with Crippen molar-refractivity contribution in [1.82, 2.24) is 15.6 Å². The molecular formula is C15H19FN4S. The summed E-state index contributed by atoms with van der Waals surface area (Å²) in [5, 5.41) is 7.47. The number of rotatable bonds is 5. The molecule has 2 aromatic rings. The molecular weight excluding hydrogens is 287 g/mol. The number of halogens is 1. The molecule has 0 amide bonds. The fourth-order valence-electron chi connectivity index (χ4n) is 1.81. The Morgan fingerprint density at radius 1 is 1.38 bits per heavy atom. The van der Waals surface area contributed by atoms with Crippen LogP contribution in [-0.2, 0) is 13.1 Å². The first kappa shape index (κ1) is 15.4. The van der Waals surface area contributed by atoms with Crippen LogP contribution in [0.5, 0.6) is 0 Å². The summed E-state index contributed by atoms with van der Waals surface area (Å²) in [6, 6.07) is 6.49. The highest BCUT2D eigenvalue weighted by Crippen LogP contribution is 2.10. The Balaban J connectivity index is 1.95. The van der Waals surface area contributed by atoms with E-state index in [1.807, 2.05) is 26.1 Å². The molecule has 0 aliphatic rings. The minimum Gasteiger partial charge on any atom is -0.357 e. The largest absolute Gasteiger partial charge is 0.357 e. The van der Waals surface area contributed by atoms with Crippen LogP contribution in [0.1, 0.15) is 22.4 Å². The van der Waals surface area contributed by atoms with E-state index in [4.69, 9.17) is 0 Å². The third-order valence-corrected chi connectivity index (χ3v) is 3.66. The molecule has 2 rings (SSSR count). The Labute approximate surface area is 128 Å². The average Bonchev–Trinajstić information content (AvgIpc) is 2.88. The van der Waals surface area contributed by atoms with Gasteiger partial charge >= 0.3 is 0 Å². The summed E-state index contributed by atoms with van der Waals surface area (Å²) in [5.41, 5.74) is 0.848. The van der Waals surface area contributed by atoms with Crippen LogP contribution in [0.15, 0.2) is 35.5 Å². The van der Waals surface area contributed by atoms with E-state index in [1.165, 1.54) is 12.1 Å². The minimum atomic E-state index is -0.235. The van der Waals surface area contributed by atoms with Gasteiger partial charge in [-0.15, -0.1) is 11.3 Å². The average molecular weight is 306 g/mol. The van der Waals surface area contributed by atoms with Crippen LogP contribution >= 0.6 is 11.3 Å². The van der Waals surface area contributed by atoms with Crippen molar-refractivity contribution in [2.45, 2.75) is 26.9 Å². The summed E-state index contributed by atoms with van der Waals surface area (Å²) in [6.45, 7) is 5.89. The number of hydrogen-bond donors (Lipinski definition) is 2. The van der Waals surface area contributed by atoms with E-state index in [-0.39, 0.29) is 5.82 Å². The molecule has 21 heavy (non-hydrogen) atoms. The summed E-state index contributed by atoms with van der Waals surface area (Å²) in [5.74, 6) is 0.480. The van der Waals surface area contributed by atoms with Crippen LogP contribution in [0.4, 0.5) is 4.39 Å². The maximum atomic E-state index is 13.1. The molecule has 1 aromatic heterocycles. The quantitative estimate of drug-likeness (QED) is 0.660. The SMILES string of the molecule is CCNC(=NCc1cccc(F)c1)NCc1cnc(C)s1. The fourth-order valence-corrected chi connectivity index (χ4v) is 2.54. The Morgan fingerprint density at radius 3 is 2.90 bits per heavy atom. The summed E-state index contributed by atoms with van der Waals surface area (Å²) < 4.78 is 13.1. The zero-order valence-corrected chi connectivity index (χ0v) is 13.0. The lowest BCUT2D eigenvalue weighted by atomic mass is 10.2. The molecule has 4 nitrogen and oxygen atoms in total. The van der Waals surface area contributed by atoms with Gasteiger partial charge in [0, 0.05) is 17.6 Å². The van der Waals surface area contributed by atoms with E-state index in [0.29, 0.717) is 19.0 Å². The third kappa shape index (κ3) is 5.15. The van der Waals surface area contributed by atoms with Crippen molar-refractivity contribution in [3.63, 3.8) is 0 Å². The van der Waals surface area contributed by atoms with Crippen molar-refractivity contribution in [2.24, 2.45) is 4.99 Å². The van der Waals surface area contributed by atoms with Crippen LogP contribution in [0.25, 0.3) is 0 Å². The van der Waals surface area contributed by atoms with E-state index in [0.717, 1.165) is 22.0 Å². The number of aryl methyl sites for hydroxylation is 1. The molecule has 1 aromatic carbocycles. The predicted octanol–water partition coefficient (Wildman–Crippen LogP) is 2.85. The molecule has 1 heterocycles. The number of thiazole rings is 1. The number of benzene rings is 1. The zero-order valence-electron chi connectivity index (χ0n) is 12.2. The van der Waals surface area contributed by atoms with Crippen LogP contribution in [0, 0.1) is 12.7 Å². The highest BCUT2D eigenvalue weighted by Gasteiger charge is 2.01. The second-order valence-electron chi connectivity index (χ2n) is 4.52. The lowest BCUT2D eigenvalue weighted by Gasteiger charge is -2.10. The molecule has 0 bridgehead atoms. The molecule has 0 radical (unpaired) electrons. The van der Waals surface area contributed by atoms with Gasteiger partial charge in [-0.1, -0.05) is 12.1 Å². The predicted molar refractivity (Wildman–Crippen MR) is 84.9 cm³/mol. The van der Waals surface area contributed by atoms with Gasteiger partial charge in [-0.05, 0) is 31.5 Å². The van der Waals surface area contributed by atoms with Crippen molar-refractivity contribution < 1.29 is 4.39 Å². The number of aromatic nitrogens is 1. The van der Waals surface area contributed by atoms with Crippen molar-refractivity contribution in [1.29, 1.82) is 0 Å². The number of guanidine groups is 1. The summed E-state index contributed by atoms with van der Waals surface area (Å²) in [7, 11) is 0. The van der Waals surface area contributed by atoms with Gasteiger partial charge in [0.2, 0.25) is 0 Å². The van der Waals surface area contributed by atoms with E-state index in [1.54, 1.807) is 17.4 Å². The maximum absolute atomic E-state index is 13.1. The molecule has 112 valence electrons. The number of aliphatic imine (C=N–C) groups is 1. The standard InChI is InChI=1S/C15H19FN4S/c1-3-17-15(20-10-14-9-18-11(2)21-14)19-8-12-5-4-6-13(16)7-12/h4-7,9H,3,8,10H2,1-2H3,(H2,17,19,20). The van der Waals surface area contributed by atoms with Gasteiger partial charge in [0.1, 0.15) is 5.82 Å². The second-order valence-corrected chi connectivity index (χ2v) is 5.84. The van der Waals surface area contributed by atoms with Gasteiger partial charge in [-0.2, -0.15) is 0 Å². The molecule has 0 unspecified atom stereocenters. The maximum Gasteiger partial charge on any atom is 0.191 e. The normalized spacial score (nSPS) is 11.5. The second kappa shape index (κ2) is 7.73. The summed E-state index contributed by atoms with van der Waals surface area (Å²) in [6.07, 6.45) is 1.86. The van der Waals surface area contributed by atoms with Crippen LogP contribution in [0.3, 0.4) is 0 Å². The van der Waals surface area contributed by atoms with Gasteiger partial charge in [0.25, 0.3) is 0 Å². The fraction of sp³-hybridized carbons (Fsp3) is 0.333. The smallest absolute Gasteiger partial charge is 0.191 e. The molecule has 2 N–H and O–H groups in total. The number of nitrogens with zero attached hydrogens (tertiary/aromatic N) is 2. The Hall–Kier alpha value is -1.95. The van der Waals surface area contributed by atoms with Crippen LogP contribution in [0.2, 0.25) is 0 Å². The molecule has 0 saturated heterocycles. The molecule has 0 aliphatic heterocycles. The first-order chi connectivity index (χ1) is 10.2. The first-order valence-corrected chi connectivity index (χ1v) is 7.67. The number of hydrogen-bond acceptors (Lipinski definition) is 3. The zero-order chi connectivity index (χ0) is 15.1. The first-order valence-electron chi connectivity index (χ1n) is 6.85. The Kier molecular flexibility index (Phi) is 5.68.